The van der Waals surface area contributed by atoms with Crippen LogP contribution in [0.5, 0.6) is 0 Å². The van der Waals surface area contributed by atoms with E-state index >= 15 is 0 Å². The van der Waals surface area contributed by atoms with Crippen molar-refractivity contribution in [3.63, 3.8) is 0 Å². The van der Waals surface area contributed by atoms with Gasteiger partial charge in [-0.15, -0.1) is 24.8 Å². The summed E-state index contributed by atoms with van der Waals surface area (Å²) in [6.07, 6.45) is 3.32. The monoisotopic (exact) mass is 455 g/mol. The lowest BCUT2D eigenvalue weighted by Gasteiger charge is -2.15. The number of carbonyl (C=O) groups is 1. The molecule has 2 N–H and O–H groups in total. The Balaban J connectivity index is 0.00000210. The van der Waals surface area contributed by atoms with Crippen molar-refractivity contribution < 1.29 is 13.2 Å². The number of nitrogens with zero attached hydrogens (tertiary/aromatic N) is 1. The topological polar surface area (TPSA) is 88.2 Å². The molecule has 1 atom stereocenters. The van der Waals surface area contributed by atoms with Crippen LogP contribution >= 0.6 is 24.8 Å². The summed E-state index contributed by atoms with van der Waals surface area (Å²) in [5.41, 5.74) is 0.629. The van der Waals surface area contributed by atoms with Gasteiger partial charge in [-0.3, -0.25) is 9.78 Å². The third-order valence-corrected chi connectivity index (χ3v) is 5.70. The van der Waals surface area contributed by atoms with E-state index in [4.69, 9.17) is 0 Å². The number of fused-ring (bicyclic) bond motifs is 1. The largest absolute Gasteiger partial charge is 0.308 e. The molecule has 2 aromatic carbocycles. The van der Waals surface area contributed by atoms with Crippen LogP contribution in [-0.4, -0.2) is 38.3 Å². The molecule has 29 heavy (non-hydrogen) atoms. The Morgan fingerprint density at radius 3 is 2.48 bits per heavy atom. The van der Waals surface area contributed by atoms with Crippen LogP contribution in [0.4, 0.5) is 0 Å². The highest BCUT2D eigenvalue weighted by atomic mass is 35.5. The number of benzene rings is 2. The first-order valence-electron chi connectivity index (χ1n) is 8.61. The van der Waals surface area contributed by atoms with Crippen LogP contribution < -0.4 is 10.0 Å². The maximum Gasteiger partial charge on any atom is 0.240 e. The first-order chi connectivity index (χ1) is 13.0. The average Bonchev–Trinajstić information content (AvgIpc) is 2.67. The first kappa shape index (κ1) is 25.0. The third kappa shape index (κ3) is 6.76. The highest BCUT2D eigenvalue weighted by Crippen LogP contribution is 2.18. The van der Waals surface area contributed by atoms with Crippen molar-refractivity contribution in [3.05, 3.63) is 72.6 Å². The fourth-order valence-electron chi connectivity index (χ4n) is 2.73. The molecule has 0 bridgehead atoms. The molecule has 0 saturated heterocycles. The Bertz CT molecular complexity index is 1050. The molecule has 0 aliphatic rings. The van der Waals surface area contributed by atoms with E-state index in [2.05, 4.69) is 15.0 Å². The number of Topliss-reactive ketones (excluding diaryl/α,β-unsaturated/α-hetero) is 1. The SMILES string of the molecule is CC(CNCC(=O)c1ccccc1)NS(=O)(=O)c1ccc2cnccc2c1.Cl.Cl. The van der Waals surface area contributed by atoms with Crippen LogP contribution in [0.15, 0.2) is 71.9 Å². The highest BCUT2D eigenvalue weighted by Gasteiger charge is 2.18. The van der Waals surface area contributed by atoms with Crippen LogP contribution in [0, 0.1) is 0 Å². The fraction of sp³-hybridized carbons (Fsp3) is 0.200. The molecular formula is C20H23Cl2N3O3S. The highest BCUT2D eigenvalue weighted by molar-refractivity contribution is 7.89. The zero-order chi connectivity index (χ0) is 19.3. The predicted octanol–water partition coefficient (Wildman–Crippen LogP) is 3.22. The molecule has 0 aliphatic carbocycles. The van der Waals surface area contributed by atoms with E-state index in [1.165, 1.54) is 0 Å². The van der Waals surface area contributed by atoms with Crippen molar-refractivity contribution >= 4 is 51.4 Å². The summed E-state index contributed by atoms with van der Waals surface area (Å²) in [4.78, 5) is 16.3. The molecule has 0 spiro atoms. The number of hydrogen-bond acceptors (Lipinski definition) is 5. The summed E-state index contributed by atoms with van der Waals surface area (Å²) in [6.45, 7) is 2.25. The number of halogens is 2. The molecule has 3 aromatic rings. The third-order valence-electron chi connectivity index (χ3n) is 4.11. The number of carbonyl (C=O) groups excluding carboxylic acids is 1. The molecule has 1 heterocycles. The number of hydrogen-bond donors (Lipinski definition) is 2. The van der Waals surface area contributed by atoms with E-state index < -0.39 is 10.0 Å². The number of aromatic nitrogens is 1. The second-order valence-corrected chi connectivity index (χ2v) is 8.04. The maximum absolute atomic E-state index is 12.6. The Morgan fingerprint density at radius 1 is 1.03 bits per heavy atom. The molecule has 0 radical (unpaired) electrons. The van der Waals surface area contributed by atoms with Gasteiger partial charge >= 0.3 is 0 Å². The van der Waals surface area contributed by atoms with E-state index in [1.54, 1.807) is 55.7 Å². The van der Waals surface area contributed by atoms with Gasteiger partial charge < -0.3 is 5.32 Å². The Hall–Kier alpha value is -2.03. The summed E-state index contributed by atoms with van der Waals surface area (Å²) >= 11 is 0. The zero-order valence-electron chi connectivity index (χ0n) is 15.7. The molecule has 3 rings (SSSR count). The van der Waals surface area contributed by atoms with E-state index in [-0.39, 0.29) is 48.1 Å². The molecule has 0 amide bonds. The number of sulfonamides is 1. The molecule has 0 saturated carbocycles. The zero-order valence-corrected chi connectivity index (χ0v) is 18.2. The van der Waals surface area contributed by atoms with Gasteiger partial charge in [0.25, 0.3) is 0 Å². The van der Waals surface area contributed by atoms with Gasteiger partial charge in [0.15, 0.2) is 5.78 Å². The molecule has 1 aromatic heterocycles. The van der Waals surface area contributed by atoms with Crippen molar-refractivity contribution in [1.82, 2.24) is 15.0 Å². The molecule has 0 aliphatic heterocycles. The molecular weight excluding hydrogens is 433 g/mol. The standard InChI is InChI=1S/C20H21N3O3S.2ClH/c1-15(12-22-14-20(24)16-5-3-2-4-6-16)23-27(25,26)19-8-7-18-13-21-10-9-17(18)11-19;;/h2-11,13,15,22-23H,12,14H2,1H3;2*1H. The molecule has 9 heteroatoms. The number of rotatable bonds is 8. The minimum absolute atomic E-state index is 0. The molecule has 6 nitrogen and oxygen atoms in total. The van der Waals surface area contributed by atoms with Gasteiger partial charge in [0.1, 0.15) is 0 Å². The van der Waals surface area contributed by atoms with Crippen molar-refractivity contribution in [1.29, 1.82) is 0 Å². The summed E-state index contributed by atoms with van der Waals surface area (Å²) in [7, 11) is -3.65. The van der Waals surface area contributed by atoms with Crippen molar-refractivity contribution in [2.24, 2.45) is 0 Å². The fourth-order valence-corrected chi connectivity index (χ4v) is 4.01. The first-order valence-corrected chi connectivity index (χ1v) is 10.1. The van der Waals surface area contributed by atoms with Crippen LogP contribution in [0.3, 0.4) is 0 Å². The Morgan fingerprint density at radius 2 is 1.76 bits per heavy atom. The molecule has 0 fully saturated rings. The Labute approximate surface area is 183 Å². The van der Waals surface area contributed by atoms with Crippen molar-refractivity contribution in [2.75, 3.05) is 13.1 Å². The van der Waals surface area contributed by atoms with Crippen molar-refractivity contribution in [3.8, 4) is 0 Å². The molecule has 1 unspecified atom stereocenters. The quantitative estimate of drug-likeness (QED) is 0.509. The van der Waals surface area contributed by atoms with Gasteiger partial charge in [0.05, 0.1) is 11.4 Å². The minimum Gasteiger partial charge on any atom is -0.308 e. The maximum atomic E-state index is 12.6. The lowest BCUT2D eigenvalue weighted by atomic mass is 10.1. The number of nitrogens with one attached hydrogen (secondary N) is 2. The average molecular weight is 456 g/mol. The van der Waals surface area contributed by atoms with E-state index in [9.17, 15) is 13.2 Å². The van der Waals surface area contributed by atoms with Gasteiger partial charge in [-0.2, -0.15) is 0 Å². The van der Waals surface area contributed by atoms with Crippen molar-refractivity contribution in [2.45, 2.75) is 17.9 Å². The summed E-state index contributed by atoms with van der Waals surface area (Å²) in [5.74, 6) is -0.0335. The second-order valence-electron chi connectivity index (χ2n) is 6.33. The van der Waals surface area contributed by atoms with Crippen LogP contribution in [0.1, 0.15) is 17.3 Å². The lowest BCUT2D eigenvalue weighted by Crippen LogP contribution is -2.41. The minimum atomic E-state index is -3.65. The molecule has 156 valence electrons. The predicted molar refractivity (Wildman–Crippen MR) is 120 cm³/mol. The summed E-state index contributed by atoms with van der Waals surface area (Å²) in [5, 5.41) is 4.69. The van der Waals surface area contributed by atoms with E-state index in [0.29, 0.717) is 12.1 Å². The van der Waals surface area contributed by atoms with Crippen LogP contribution in [0.25, 0.3) is 10.8 Å². The summed E-state index contributed by atoms with van der Waals surface area (Å²) < 4.78 is 27.8. The van der Waals surface area contributed by atoms with E-state index in [1.807, 2.05) is 18.2 Å². The van der Waals surface area contributed by atoms with Crippen LogP contribution in [0.2, 0.25) is 0 Å². The second kappa shape index (κ2) is 11.2. The smallest absolute Gasteiger partial charge is 0.240 e. The normalized spacial score (nSPS) is 11.9. The van der Waals surface area contributed by atoms with Gasteiger partial charge in [-0.05, 0) is 30.5 Å². The van der Waals surface area contributed by atoms with E-state index in [0.717, 1.165) is 10.8 Å². The van der Waals surface area contributed by atoms with Gasteiger partial charge in [0.2, 0.25) is 10.0 Å². The van der Waals surface area contributed by atoms with Gasteiger partial charge in [-0.1, -0.05) is 36.4 Å². The lowest BCUT2D eigenvalue weighted by molar-refractivity contribution is 0.0991. The number of pyridine rings is 1. The van der Waals surface area contributed by atoms with Crippen LogP contribution in [-0.2, 0) is 10.0 Å². The summed E-state index contributed by atoms with van der Waals surface area (Å²) in [6, 6.07) is 15.3. The van der Waals surface area contributed by atoms with Gasteiger partial charge in [0, 0.05) is 35.9 Å². The number of ketones is 1. The Kier molecular flexibility index (Phi) is 9.68. The van der Waals surface area contributed by atoms with Gasteiger partial charge in [-0.25, -0.2) is 13.1 Å².